The van der Waals surface area contributed by atoms with E-state index in [2.05, 4.69) is 21.9 Å². The number of halogens is 2. The van der Waals surface area contributed by atoms with E-state index in [1.165, 1.54) is 12.1 Å². The predicted octanol–water partition coefficient (Wildman–Crippen LogP) is 2.51. The van der Waals surface area contributed by atoms with Crippen LogP contribution in [0.3, 0.4) is 0 Å². The van der Waals surface area contributed by atoms with Gasteiger partial charge in [-0.25, -0.2) is 4.39 Å². The van der Waals surface area contributed by atoms with Crippen LogP contribution in [0.2, 0.25) is 0 Å². The molecule has 0 aromatic heterocycles. The average molecular weight is 397 g/mol. The molecule has 108 valence electrons. The van der Waals surface area contributed by atoms with Gasteiger partial charge in [0.25, 0.3) is 0 Å². The van der Waals surface area contributed by atoms with Crippen LogP contribution in [-0.4, -0.2) is 38.1 Å². The Morgan fingerprint density at radius 1 is 1.21 bits per heavy atom. The van der Waals surface area contributed by atoms with E-state index >= 15 is 0 Å². The molecule has 0 bridgehead atoms. The summed E-state index contributed by atoms with van der Waals surface area (Å²) in [5.74, 6) is 1.67. The molecular weight excluding hydrogens is 376 g/mol. The number of rotatable bonds is 6. The lowest BCUT2D eigenvalue weighted by Gasteiger charge is -2.11. The standard InChI is InChI=1S/C13H20FN3S.HI/c1-15-13(17-9-10-18-2)16-8-7-11-3-5-12(14)6-4-11;/h3-6H,7-10H2,1-2H3,(H2,15,16,17);1H. The van der Waals surface area contributed by atoms with Gasteiger partial charge < -0.3 is 10.6 Å². The first-order valence-corrected chi connectivity index (χ1v) is 7.33. The maximum atomic E-state index is 12.7. The zero-order valence-corrected chi connectivity index (χ0v) is 14.4. The van der Waals surface area contributed by atoms with Crippen LogP contribution in [0.1, 0.15) is 5.56 Å². The van der Waals surface area contributed by atoms with Gasteiger partial charge in [0.15, 0.2) is 5.96 Å². The SMILES string of the molecule is CN=C(NCCSC)NCCc1ccc(F)cc1.I. The molecule has 0 heterocycles. The molecule has 6 heteroatoms. The summed E-state index contributed by atoms with van der Waals surface area (Å²) in [4.78, 5) is 4.13. The lowest BCUT2D eigenvalue weighted by atomic mass is 10.1. The predicted molar refractivity (Wildman–Crippen MR) is 93.3 cm³/mol. The van der Waals surface area contributed by atoms with Crippen molar-refractivity contribution >= 4 is 41.7 Å². The van der Waals surface area contributed by atoms with Crippen LogP contribution in [-0.2, 0) is 6.42 Å². The molecule has 0 amide bonds. The Morgan fingerprint density at radius 2 is 1.84 bits per heavy atom. The van der Waals surface area contributed by atoms with Gasteiger partial charge in [0.05, 0.1) is 0 Å². The quantitative estimate of drug-likeness (QED) is 0.335. The summed E-state index contributed by atoms with van der Waals surface area (Å²) in [6.07, 6.45) is 2.93. The topological polar surface area (TPSA) is 36.4 Å². The summed E-state index contributed by atoms with van der Waals surface area (Å²) in [5, 5.41) is 6.45. The van der Waals surface area contributed by atoms with Gasteiger partial charge in [0.2, 0.25) is 0 Å². The number of thioether (sulfide) groups is 1. The van der Waals surface area contributed by atoms with E-state index in [4.69, 9.17) is 0 Å². The zero-order chi connectivity index (χ0) is 13.2. The third kappa shape index (κ3) is 8.30. The highest BCUT2D eigenvalue weighted by Gasteiger charge is 1.97. The van der Waals surface area contributed by atoms with Gasteiger partial charge in [-0.2, -0.15) is 11.8 Å². The van der Waals surface area contributed by atoms with Gasteiger partial charge in [-0.15, -0.1) is 24.0 Å². The second-order valence-electron chi connectivity index (χ2n) is 3.80. The fraction of sp³-hybridized carbons (Fsp3) is 0.462. The largest absolute Gasteiger partial charge is 0.356 e. The summed E-state index contributed by atoms with van der Waals surface area (Å²) < 4.78 is 12.7. The molecule has 1 aromatic carbocycles. The van der Waals surface area contributed by atoms with Crippen molar-refractivity contribution in [2.75, 3.05) is 32.1 Å². The molecule has 0 radical (unpaired) electrons. The van der Waals surface area contributed by atoms with Gasteiger partial charge in [-0.3, -0.25) is 4.99 Å². The number of nitrogens with zero attached hydrogens (tertiary/aromatic N) is 1. The van der Waals surface area contributed by atoms with E-state index in [0.717, 1.165) is 36.8 Å². The smallest absolute Gasteiger partial charge is 0.191 e. The van der Waals surface area contributed by atoms with Crippen molar-refractivity contribution < 1.29 is 4.39 Å². The van der Waals surface area contributed by atoms with Gasteiger partial charge in [0.1, 0.15) is 5.82 Å². The number of hydrogen-bond donors (Lipinski definition) is 2. The molecule has 1 aromatic rings. The third-order valence-electron chi connectivity index (χ3n) is 2.44. The second kappa shape index (κ2) is 11.3. The highest BCUT2D eigenvalue weighted by Crippen LogP contribution is 2.02. The number of benzene rings is 1. The molecule has 0 aliphatic rings. The molecule has 0 saturated carbocycles. The summed E-state index contributed by atoms with van der Waals surface area (Å²) in [6.45, 7) is 1.68. The number of guanidine groups is 1. The fourth-order valence-electron chi connectivity index (χ4n) is 1.47. The number of hydrogen-bond acceptors (Lipinski definition) is 2. The molecule has 0 aliphatic carbocycles. The van der Waals surface area contributed by atoms with Crippen LogP contribution in [0.15, 0.2) is 29.3 Å². The minimum Gasteiger partial charge on any atom is -0.356 e. The van der Waals surface area contributed by atoms with Crippen LogP contribution in [0, 0.1) is 5.82 Å². The molecule has 0 unspecified atom stereocenters. The summed E-state index contributed by atoms with van der Waals surface area (Å²) in [7, 11) is 1.76. The molecule has 0 aliphatic heterocycles. The maximum Gasteiger partial charge on any atom is 0.191 e. The molecule has 0 saturated heterocycles. The minimum atomic E-state index is -0.193. The van der Waals surface area contributed by atoms with E-state index < -0.39 is 0 Å². The Hall–Kier alpha value is -0.500. The lowest BCUT2D eigenvalue weighted by molar-refractivity contribution is 0.626. The zero-order valence-electron chi connectivity index (χ0n) is 11.3. The number of nitrogens with one attached hydrogen (secondary N) is 2. The summed E-state index contributed by atoms with van der Waals surface area (Å²) >= 11 is 1.80. The van der Waals surface area contributed by atoms with Crippen LogP contribution in [0.5, 0.6) is 0 Å². The van der Waals surface area contributed by atoms with Gasteiger partial charge in [-0.1, -0.05) is 12.1 Å². The van der Waals surface area contributed by atoms with Crippen molar-refractivity contribution in [2.45, 2.75) is 6.42 Å². The molecule has 1 rings (SSSR count). The van der Waals surface area contributed by atoms with Crippen molar-refractivity contribution in [3.05, 3.63) is 35.6 Å². The van der Waals surface area contributed by atoms with Crippen molar-refractivity contribution in [2.24, 2.45) is 4.99 Å². The highest BCUT2D eigenvalue weighted by molar-refractivity contribution is 14.0. The van der Waals surface area contributed by atoms with Gasteiger partial charge in [0, 0.05) is 25.9 Å². The second-order valence-corrected chi connectivity index (χ2v) is 4.78. The Bertz CT molecular complexity index is 371. The first-order valence-electron chi connectivity index (χ1n) is 5.94. The summed E-state index contributed by atoms with van der Waals surface area (Å²) in [5.41, 5.74) is 1.11. The third-order valence-corrected chi connectivity index (χ3v) is 3.05. The molecule has 19 heavy (non-hydrogen) atoms. The van der Waals surface area contributed by atoms with Crippen LogP contribution < -0.4 is 10.6 Å². The Labute approximate surface area is 135 Å². The lowest BCUT2D eigenvalue weighted by Crippen LogP contribution is -2.39. The van der Waals surface area contributed by atoms with E-state index in [1.807, 2.05) is 0 Å². The molecule has 2 N–H and O–H groups in total. The molecule has 3 nitrogen and oxygen atoms in total. The number of aliphatic imine (C=N–C) groups is 1. The van der Waals surface area contributed by atoms with E-state index in [-0.39, 0.29) is 29.8 Å². The van der Waals surface area contributed by atoms with E-state index in [9.17, 15) is 4.39 Å². The normalized spacial score (nSPS) is 10.8. The minimum absolute atomic E-state index is 0. The van der Waals surface area contributed by atoms with E-state index in [0.29, 0.717) is 0 Å². The fourth-order valence-corrected chi connectivity index (χ4v) is 1.77. The van der Waals surface area contributed by atoms with E-state index in [1.54, 1.807) is 30.9 Å². The van der Waals surface area contributed by atoms with Crippen molar-refractivity contribution in [3.63, 3.8) is 0 Å². The summed E-state index contributed by atoms with van der Waals surface area (Å²) in [6, 6.07) is 6.59. The molecule has 0 spiro atoms. The Balaban J connectivity index is 0.00000324. The van der Waals surface area contributed by atoms with Crippen LogP contribution in [0.25, 0.3) is 0 Å². The van der Waals surface area contributed by atoms with Crippen molar-refractivity contribution in [1.29, 1.82) is 0 Å². The van der Waals surface area contributed by atoms with Crippen LogP contribution >= 0.6 is 35.7 Å². The molecule has 0 atom stereocenters. The first-order chi connectivity index (χ1) is 8.76. The van der Waals surface area contributed by atoms with Crippen LogP contribution in [0.4, 0.5) is 4.39 Å². The highest BCUT2D eigenvalue weighted by atomic mass is 127. The van der Waals surface area contributed by atoms with Gasteiger partial charge in [-0.05, 0) is 30.4 Å². The van der Waals surface area contributed by atoms with Gasteiger partial charge >= 0.3 is 0 Å². The Kier molecular flexibility index (Phi) is 11.0. The van der Waals surface area contributed by atoms with Crippen molar-refractivity contribution in [1.82, 2.24) is 10.6 Å². The average Bonchev–Trinajstić information content (AvgIpc) is 2.39. The maximum absolute atomic E-state index is 12.7. The van der Waals surface area contributed by atoms with Crippen molar-refractivity contribution in [3.8, 4) is 0 Å². The monoisotopic (exact) mass is 397 g/mol. The Morgan fingerprint density at radius 3 is 2.42 bits per heavy atom. The molecular formula is C13H21FIN3S. The first kappa shape index (κ1) is 18.5. The molecule has 0 fully saturated rings.